The van der Waals surface area contributed by atoms with Gasteiger partial charge >= 0.3 is 16.4 Å². The van der Waals surface area contributed by atoms with Crippen molar-refractivity contribution in [1.82, 2.24) is 4.31 Å². The molecule has 0 saturated carbocycles. The monoisotopic (exact) mass is 347 g/mol. The van der Waals surface area contributed by atoms with Crippen molar-refractivity contribution in [3.8, 4) is 0 Å². The average molecular weight is 347 g/mol. The second kappa shape index (κ2) is 7.02. The van der Waals surface area contributed by atoms with Gasteiger partial charge in [0.05, 0.1) is 6.54 Å². The van der Waals surface area contributed by atoms with Gasteiger partial charge in [0, 0.05) is 6.42 Å². The number of ether oxygens (including phenoxy) is 1. The summed E-state index contributed by atoms with van der Waals surface area (Å²) < 4.78 is 34.8. The third-order valence-electron chi connectivity index (χ3n) is 3.61. The third kappa shape index (κ3) is 3.93. The molecule has 1 aliphatic rings. The molecular weight excluding hydrogens is 330 g/mol. The molecule has 0 bridgehead atoms. The average Bonchev–Trinajstić information content (AvgIpc) is 2.89. The van der Waals surface area contributed by atoms with Crippen LogP contribution < -0.4 is 0 Å². The van der Waals surface area contributed by atoms with Crippen LogP contribution in [0.5, 0.6) is 0 Å². The molecule has 0 spiro atoms. The lowest BCUT2D eigenvalue weighted by Gasteiger charge is -2.13. The van der Waals surface area contributed by atoms with Gasteiger partial charge in [-0.15, -0.1) is 0 Å². The first-order chi connectivity index (χ1) is 11.5. The van der Waals surface area contributed by atoms with Gasteiger partial charge < -0.3 is 4.74 Å². The van der Waals surface area contributed by atoms with E-state index in [2.05, 4.69) is 0 Å². The van der Waals surface area contributed by atoms with Crippen LogP contribution in [-0.4, -0.2) is 31.5 Å². The van der Waals surface area contributed by atoms with Crippen molar-refractivity contribution >= 4 is 16.4 Å². The Morgan fingerprint density at radius 1 is 1.04 bits per heavy atom. The molecule has 6 nitrogen and oxygen atoms in total. The molecule has 126 valence electrons. The molecule has 2 aromatic carbocycles. The summed E-state index contributed by atoms with van der Waals surface area (Å²) in [4.78, 5) is 12.1. The fourth-order valence-corrected chi connectivity index (χ4v) is 3.62. The largest absolute Gasteiger partial charge is 0.444 e. The van der Waals surface area contributed by atoms with E-state index in [9.17, 15) is 13.2 Å². The minimum absolute atomic E-state index is 0.00897. The van der Waals surface area contributed by atoms with Gasteiger partial charge in [-0.1, -0.05) is 60.7 Å². The molecule has 1 atom stereocenters. The third-order valence-corrected chi connectivity index (χ3v) is 4.97. The van der Waals surface area contributed by atoms with Crippen molar-refractivity contribution in [3.63, 3.8) is 0 Å². The van der Waals surface area contributed by atoms with Gasteiger partial charge in [-0.2, -0.15) is 12.7 Å². The molecule has 0 aliphatic carbocycles. The zero-order chi connectivity index (χ0) is 17.0. The summed E-state index contributed by atoms with van der Waals surface area (Å²) in [5.74, 6) is 0. The zero-order valence-electron chi connectivity index (χ0n) is 12.9. The smallest absolute Gasteiger partial charge is 0.425 e. The first kappa shape index (κ1) is 16.5. The first-order valence-corrected chi connectivity index (χ1v) is 8.87. The Labute approximate surface area is 140 Å². The van der Waals surface area contributed by atoms with Crippen LogP contribution in [0.25, 0.3) is 0 Å². The molecular formula is C17H17NO5S. The molecule has 1 heterocycles. The van der Waals surface area contributed by atoms with Gasteiger partial charge in [-0.05, 0) is 11.1 Å². The fraction of sp³-hybridized carbons (Fsp3) is 0.235. The predicted octanol–water partition coefficient (Wildman–Crippen LogP) is 2.51. The summed E-state index contributed by atoms with van der Waals surface area (Å²) in [5.41, 5.74) is 1.72. The first-order valence-electron chi connectivity index (χ1n) is 7.50. The van der Waals surface area contributed by atoms with E-state index in [0.717, 1.165) is 11.1 Å². The molecule has 0 radical (unpaired) electrons. The maximum Gasteiger partial charge on any atom is 0.425 e. The van der Waals surface area contributed by atoms with Gasteiger partial charge in [-0.3, -0.25) is 0 Å². The highest BCUT2D eigenvalue weighted by Gasteiger charge is 2.41. The van der Waals surface area contributed by atoms with E-state index in [4.69, 9.17) is 8.92 Å². The van der Waals surface area contributed by atoms with Gasteiger partial charge in [0.2, 0.25) is 0 Å². The van der Waals surface area contributed by atoms with Crippen LogP contribution in [0.3, 0.4) is 0 Å². The van der Waals surface area contributed by atoms with E-state index >= 15 is 0 Å². The SMILES string of the molecule is O=C(OCc1ccccc1)N1CC(Cc2ccccc2)OS1(=O)=O. The number of rotatable bonds is 4. The van der Waals surface area contributed by atoms with Crippen LogP contribution in [0.4, 0.5) is 4.79 Å². The quantitative estimate of drug-likeness (QED) is 0.850. The Morgan fingerprint density at radius 3 is 2.25 bits per heavy atom. The number of carbonyl (C=O) groups is 1. The predicted molar refractivity (Wildman–Crippen MR) is 87.3 cm³/mol. The lowest BCUT2D eigenvalue weighted by Crippen LogP contribution is -2.33. The zero-order valence-corrected chi connectivity index (χ0v) is 13.7. The van der Waals surface area contributed by atoms with E-state index in [1.165, 1.54) is 0 Å². The highest BCUT2D eigenvalue weighted by atomic mass is 32.2. The van der Waals surface area contributed by atoms with Crippen LogP contribution in [0.1, 0.15) is 11.1 Å². The topological polar surface area (TPSA) is 72.9 Å². The Kier molecular flexibility index (Phi) is 4.82. The Morgan fingerprint density at radius 2 is 1.62 bits per heavy atom. The van der Waals surface area contributed by atoms with Crippen LogP contribution in [0, 0.1) is 0 Å². The van der Waals surface area contributed by atoms with Gasteiger partial charge in [-0.25, -0.2) is 8.98 Å². The van der Waals surface area contributed by atoms with E-state index in [-0.39, 0.29) is 13.2 Å². The summed E-state index contributed by atoms with van der Waals surface area (Å²) in [6.45, 7) is -0.0418. The number of amides is 1. The molecule has 1 aliphatic heterocycles. The second-order valence-corrected chi connectivity index (χ2v) is 6.93. The Balaban J connectivity index is 1.61. The molecule has 1 saturated heterocycles. The van der Waals surface area contributed by atoms with E-state index in [0.29, 0.717) is 10.7 Å². The summed E-state index contributed by atoms with van der Waals surface area (Å²) >= 11 is 0. The number of hydrogen-bond acceptors (Lipinski definition) is 5. The van der Waals surface area contributed by atoms with Crippen LogP contribution >= 0.6 is 0 Å². The van der Waals surface area contributed by atoms with E-state index in [1.807, 2.05) is 48.5 Å². The molecule has 1 amide bonds. The number of nitrogens with zero attached hydrogens (tertiary/aromatic N) is 1. The maximum absolute atomic E-state index is 12.1. The molecule has 1 unspecified atom stereocenters. The van der Waals surface area contributed by atoms with Crippen molar-refractivity contribution < 1.29 is 22.1 Å². The standard InChI is InChI=1S/C17H17NO5S/c19-17(22-13-15-9-5-2-6-10-15)18-12-16(23-24(18,20)21)11-14-7-3-1-4-8-14/h1-10,16H,11-13H2. The number of hydrogen-bond donors (Lipinski definition) is 0. The molecule has 24 heavy (non-hydrogen) atoms. The maximum atomic E-state index is 12.1. The molecule has 7 heteroatoms. The minimum atomic E-state index is -4.10. The molecule has 0 aromatic heterocycles. The molecule has 1 fully saturated rings. The Hall–Kier alpha value is -2.38. The van der Waals surface area contributed by atoms with Crippen LogP contribution in [0.15, 0.2) is 60.7 Å². The number of carbonyl (C=O) groups excluding carboxylic acids is 1. The Bertz CT molecular complexity index is 792. The second-order valence-electron chi connectivity index (χ2n) is 5.44. The van der Waals surface area contributed by atoms with Crippen LogP contribution in [-0.2, 0) is 32.3 Å². The van der Waals surface area contributed by atoms with Gasteiger partial charge in [0.25, 0.3) is 0 Å². The normalized spacial score (nSPS) is 19.2. The highest BCUT2D eigenvalue weighted by molar-refractivity contribution is 7.85. The van der Waals surface area contributed by atoms with Crippen molar-refractivity contribution in [2.75, 3.05) is 6.54 Å². The summed E-state index contributed by atoms with van der Waals surface area (Å²) in [6, 6.07) is 18.4. The lowest BCUT2D eigenvalue weighted by molar-refractivity contribution is 0.120. The van der Waals surface area contributed by atoms with Crippen molar-refractivity contribution in [1.29, 1.82) is 0 Å². The summed E-state index contributed by atoms with van der Waals surface area (Å²) in [5, 5.41) is 0. The highest BCUT2D eigenvalue weighted by Crippen LogP contribution is 2.22. The minimum Gasteiger partial charge on any atom is -0.444 e. The van der Waals surface area contributed by atoms with E-state index < -0.39 is 22.5 Å². The fourth-order valence-electron chi connectivity index (χ4n) is 2.46. The molecule has 0 N–H and O–H groups in total. The van der Waals surface area contributed by atoms with Crippen molar-refractivity contribution in [3.05, 3.63) is 71.8 Å². The van der Waals surface area contributed by atoms with Crippen LogP contribution in [0.2, 0.25) is 0 Å². The molecule has 2 aromatic rings. The summed E-state index contributed by atoms with van der Waals surface area (Å²) in [6.07, 6.45) is -1.13. The lowest BCUT2D eigenvalue weighted by atomic mass is 10.1. The van der Waals surface area contributed by atoms with E-state index in [1.54, 1.807) is 12.1 Å². The van der Waals surface area contributed by atoms with Crippen molar-refractivity contribution in [2.45, 2.75) is 19.1 Å². The van der Waals surface area contributed by atoms with Gasteiger partial charge in [0.15, 0.2) is 0 Å². The summed E-state index contributed by atoms with van der Waals surface area (Å²) in [7, 11) is -4.10. The molecule has 3 rings (SSSR count). The van der Waals surface area contributed by atoms with Crippen molar-refractivity contribution in [2.24, 2.45) is 0 Å². The van der Waals surface area contributed by atoms with Gasteiger partial charge in [0.1, 0.15) is 12.7 Å². The number of benzene rings is 2.